The van der Waals surface area contributed by atoms with Crippen LogP contribution < -0.4 is 10.5 Å². The molecule has 1 atom stereocenters. The van der Waals surface area contributed by atoms with Crippen LogP contribution in [0.25, 0.3) is 0 Å². The summed E-state index contributed by atoms with van der Waals surface area (Å²) < 4.78 is 52.6. The zero-order chi connectivity index (χ0) is 22.4. The standard InChI is InChI=1S/C21H19F3N4O3/c1-2-3-6-31-19-10-26-16(9-27-19)17(29)8-13-4-5-15(22)14(7-13)21(20(23)24)12-30-11-18(25)28-21/h4-5,7,9-10,20H,6,8,11-12H2,1H3,(H2,25,28)/t21-/m0/s1. The normalized spacial score (nSPS) is 18.2. The molecule has 0 radical (unpaired) electrons. The SMILES string of the molecule is CC#CCOc1cnc(C(=O)Cc2ccc(F)c([C@]3(C(F)F)COCC(N)=N3)c2)cn1. The molecule has 2 heterocycles. The molecule has 0 fully saturated rings. The van der Waals surface area contributed by atoms with E-state index in [-0.39, 0.29) is 42.6 Å². The van der Waals surface area contributed by atoms with E-state index >= 15 is 0 Å². The largest absolute Gasteiger partial charge is 0.463 e. The summed E-state index contributed by atoms with van der Waals surface area (Å²) in [6.45, 7) is 1.16. The molecule has 1 aliphatic rings. The molecule has 1 aromatic carbocycles. The predicted octanol–water partition coefficient (Wildman–Crippen LogP) is 2.29. The Morgan fingerprint density at radius 2 is 2.16 bits per heavy atom. The first-order valence-electron chi connectivity index (χ1n) is 9.22. The number of ketones is 1. The number of rotatable bonds is 7. The molecule has 0 amide bonds. The highest BCUT2D eigenvalue weighted by atomic mass is 19.3. The summed E-state index contributed by atoms with van der Waals surface area (Å²) in [5, 5.41) is 0. The monoisotopic (exact) mass is 432 g/mol. The van der Waals surface area contributed by atoms with Crippen molar-refractivity contribution in [1.82, 2.24) is 9.97 Å². The minimum absolute atomic E-state index is 0.0478. The van der Waals surface area contributed by atoms with Crippen LogP contribution in [-0.2, 0) is 16.7 Å². The smallest absolute Gasteiger partial charge is 0.269 e. The number of halogens is 3. The van der Waals surface area contributed by atoms with Crippen LogP contribution in [0.15, 0.2) is 35.6 Å². The number of alkyl halides is 2. The van der Waals surface area contributed by atoms with Gasteiger partial charge in [0.05, 0.1) is 19.0 Å². The Morgan fingerprint density at radius 1 is 1.35 bits per heavy atom. The van der Waals surface area contributed by atoms with E-state index in [1.807, 2.05) is 0 Å². The third-order valence-corrected chi connectivity index (χ3v) is 4.52. The number of hydrogen-bond acceptors (Lipinski definition) is 7. The number of benzene rings is 1. The van der Waals surface area contributed by atoms with Crippen molar-refractivity contribution >= 4 is 11.6 Å². The molecule has 0 unspecified atom stereocenters. The van der Waals surface area contributed by atoms with Gasteiger partial charge in [-0.25, -0.2) is 23.1 Å². The molecular weight excluding hydrogens is 413 g/mol. The minimum atomic E-state index is -3.07. The van der Waals surface area contributed by atoms with Crippen LogP contribution in [0.2, 0.25) is 0 Å². The van der Waals surface area contributed by atoms with E-state index in [9.17, 15) is 18.0 Å². The summed E-state index contributed by atoms with van der Waals surface area (Å²) in [4.78, 5) is 24.3. The average Bonchev–Trinajstić information content (AvgIpc) is 2.75. The first kappa shape index (κ1) is 22.2. The van der Waals surface area contributed by atoms with Gasteiger partial charge >= 0.3 is 0 Å². The van der Waals surface area contributed by atoms with Gasteiger partial charge in [0.2, 0.25) is 5.88 Å². The topological polar surface area (TPSA) is 99.7 Å². The maximum Gasteiger partial charge on any atom is 0.269 e. The fourth-order valence-corrected chi connectivity index (χ4v) is 3.01. The quantitative estimate of drug-likeness (QED) is 0.532. The molecule has 0 saturated heterocycles. The van der Waals surface area contributed by atoms with Crippen molar-refractivity contribution in [3.05, 3.63) is 53.2 Å². The van der Waals surface area contributed by atoms with Crippen molar-refractivity contribution in [1.29, 1.82) is 0 Å². The van der Waals surface area contributed by atoms with Gasteiger partial charge < -0.3 is 15.2 Å². The lowest BCUT2D eigenvalue weighted by molar-refractivity contribution is -0.0146. The lowest BCUT2D eigenvalue weighted by Crippen LogP contribution is -2.45. The maximum atomic E-state index is 14.5. The van der Waals surface area contributed by atoms with Gasteiger partial charge in [-0.3, -0.25) is 9.79 Å². The minimum Gasteiger partial charge on any atom is -0.463 e. The molecule has 2 aromatic rings. The van der Waals surface area contributed by atoms with Crippen LogP contribution in [0, 0.1) is 17.7 Å². The van der Waals surface area contributed by atoms with Crippen molar-refractivity contribution in [3.63, 3.8) is 0 Å². The number of amidine groups is 1. The Bertz CT molecular complexity index is 1050. The highest BCUT2D eigenvalue weighted by Crippen LogP contribution is 2.37. The number of carbonyl (C=O) groups excluding carboxylic acids is 1. The Morgan fingerprint density at radius 3 is 2.81 bits per heavy atom. The first-order chi connectivity index (χ1) is 14.9. The van der Waals surface area contributed by atoms with Gasteiger partial charge in [-0.1, -0.05) is 12.0 Å². The number of ether oxygens (including phenoxy) is 2. The second kappa shape index (κ2) is 9.57. The molecular formula is C21H19F3N4O3. The summed E-state index contributed by atoms with van der Waals surface area (Å²) in [6.07, 6.45) is -0.753. The lowest BCUT2D eigenvalue weighted by Gasteiger charge is -2.33. The third-order valence-electron chi connectivity index (χ3n) is 4.52. The van der Waals surface area contributed by atoms with E-state index in [0.29, 0.717) is 5.56 Å². The Balaban J connectivity index is 1.82. The molecule has 3 rings (SSSR count). The zero-order valence-corrected chi connectivity index (χ0v) is 16.6. The first-order valence-corrected chi connectivity index (χ1v) is 9.22. The Kier molecular flexibility index (Phi) is 6.87. The summed E-state index contributed by atoms with van der Waals surface area (Å²) in [6, 6.07) is 3.53. The molecule has 1 aromatic heterocycles. The van der Waals surface area contributed by atoms with Gasteiger partial charge in [0.25, 0.3) is 6.43 Å². The number of carbonyl (C=O) groups is 1. The van der Waals surface area contributed by atoms with Crippen LogP contribution in [0.3, 0.4) is 0 Å². The van der Waals surface area contributed by atoms with Crippen LogP contribution in [-0.4, -0.2) is 47.8 Å². The predicted molar refractivity (Wildman–Crippen MR) is 106 cm³/mol. The van der Waals surface area contributed by atoms with Crippen molar-refractivity contribution < 1.29 is 27.4 Å². The highest BCUT2D eigenvalue weighted by Gasteiger charge is 2.46. The van der Waals surface area contributed by atoms with Crippen molar-refractivity contribution in [2.24, 2.45) is 10.7 Å². The highest BCUT2D eigenvalue weighted by molar-refractivity contribution is 5.95. The summed E-state index contributed by atoms with van der Waals surface area (Å²) in [5.74, 6) is 4.09. The fraction of sp³-hybridized carbons (Fsp3) is 0.333. The molecule has 162 valence electrons. The second-order valence-corrected chi connectivity index (χ2v) is 6.69. The summed E-state index contributed by atoms with van der Waals surface area (Å²) in [5.41, 5.74) is 3.26. The van der Waals surface area contributed by atoms with Crippen molar-refractivity contribution in [2.75, 3.05) is 19.8 Å². The van der Waals surface area contributed by atoms with Crippen molar-refractivity contribution in [3.8, 4) is 17.7 Å². The Hall–Kier alpha value is -3.45. The molecule has 1 aliphatic heterocycles. The molecule has 0 saturated carbocycles. The maximum absolute atomic E-state index is 14.5. The summed E-state index contributed by atoms with van der Waals surface area (Å²) >= 11 is 0. The van der Waals surface area contributed by atoms with E-state index in [0.717, 1.165) is 6.07 Å². The van der Waals surface area contributed by atoms with E-state index < -0.39 is 30.2 Å². The molecule has 2 N–H and O–H groups in total. The molecule has 31 heavy (non-hydrogen) atoms. The number of aromatic nitrogens is 2. The number of hydrogen-bond donors (Lipinski definition) is 1. The van der Waals surface area contributed by atoms with Crippen LogP contribution >= 0.6 is 0 Å². The average molecular weight is 432 g/mol. The number of nitrogens with zero attached hydrogens (tertiary/aromatic N) is 3. The van der Waals surface area contributed by atoms with Gasteiger partial charge in [-0.2, -0.15) is 0 Å². The van der Waals surface area contributed by atoms with Crippen LogP contribution in [0.5, 0.6) is 5.88 Å². The summed E-state index contributed by atoms with van der Waals surface area (Å²) in [7, 11) is 0. The van der Waals surface area contributed by atoms with Gasteiger partial charge in [0.15, 0.2) is 17.9 Å². The molecule has 0 aliphatic carbocycles. The van der Waals surface area contributed by atoms with E-state index in [1.165, 1.54) is 24.5 Å². The number of Topliss-reactive ketones (excluding diaryl/α,β-unsaturated/α-hetero) is 1. The third kappa shape index (κ3) is 5.00. The number of aliphatic imine (C=N–C) groups is 1. The Labute approximate surface area is 176 Å². The van der Waals surface area contributed by atoms with Gasteiger partial charge in [0.1, 0.15) is 24.0 Å². The van der Waals surface area contributed by atoms with E-state index in [1.54, 1.807) is 6.92 Å². The molecule has 0 bridgehead atoms. The second-order valence-electron chi connectivity index (χ2n) is 6.69. The molecule has 10 heteroatoms. The fourth-order valence-electron chi connectivity index (χ4n) is 3.01. The van der Waals surface area contributed by atoms with Gasteiger partial charge in [0, 0.05) is 12.0 Å². The van der Waals surface area contributed by atoms with Crippen LogP contribution in [0.4, 0.5) is 13.2 Å². The van der Waals surface area contributed by atoms with Crippen molar-refractivity contribution in [2.45, 2.75) is 25.3 Å². The number of nitrogens with two attached hydrogens (primary N) is 1. The molecule has 0 spiro atoms. The van der Waals surface area contributed by atoms with Crippen LogP contribution in [0.1, 0.15) is 28.5 Å². The van der Waals surface area contributed by atoms with Gasteiger partial charge in [-0.05, 0) is 24.6 Å². The zero-order valence-electron chi connectivity index (χ0n) is 16.6. The van der Waals surface area contributed by atoms with E-state index in [2.05, 4.69) is 26.8 Å². The molecule has 7 nitrogen and oxygen atoms in total. The lowest BCUT2D eigenvalue weighted by atomic mass is 9.88. The van der Waals surface area contributed by atoms with Gasteiger partial charge in [-0.15, -0.1) is 5.92 Å². The van der Waals surface area contributed by atoms with E-state index in [4.69, 9.17) is 15.2 Å².